The average Bonchev–Trinajstić information content (AvgIpc) is 2.36. The topological polar surface area (TPSA) is 96.0 Å². The highest BCUT2D eigenvalue weighted by molar-refractivity contribution is 6.02. The maximum absolute atomic E-state index is 11.6. The van der Waals surface area contributed by atoms with Gasteiger partial charge in [0.15, 0.2) is 5.92 Å². The molecule has 0 aromatic rings. The summed E-state index contributed by atoms with van der Waals surface area (Å²) in [6.07, 6.45) is -0.917. The van der Waals surface area contributed by atoms with Gasteiger partial charge in [0, 0.05) is 6.42 Å². The SMILES string of the molecule is CCOC(=O)CC(=O)CC(C(=O)OCC)C(=O)OCC. The summed E-state index contributed by atoms with van der Waals surface area (Å²) in [6.45, 7) is 5.11. The highest BCUT2D eigenvalue weighted by Gasteiger charge is 2.32. The third-order valence-electron chi connectivity index (χ3n) is 2.22. The highest BCUT2D eigenvalue weighted by Crippen LogP contribution is 2.11. The second-order valence-electron chi connectivity index (χ2n) is 3.78. The van der Waals surface area contributed by atoms with Crippen LogP contribution in [-0.4, -0.2) is 43.5 Å². The Balaban J connectivity index is 4.63. The minimum Gasteiger partial charge on any atom is -0.466 e. The van der Waals surface area contributed by atoms with Crippen LogP contribution in [0.5, 0.6) is 0 Å². The first-order valence-corrected chi connectivity index (χ1v) is 6.46. The van der Waals surface area contributed by atoms with Crippen LogP contribution in [0.25, 0.3) is 0 Å². The lowest BCUT2D eigenvalue weighted by molar-refractivity contribution is -0.163. The van der Waals surface area contributed by atoms with Gasteiger partial charge in [0.25, 0.3) is 0 Å². The van der Waals surface area contributed by atoms with E-state index in [1.165, 1.54) is 0 Å². The fourth-order valence-corrected chi connectivity index (χ4v) is 1.42. The Morgan fingerprint density at radius 1 is 0.800 bits per heavy atom. The largest absolute Gasteiger partial charge is 0.466 e. The Morgan fingerprint density at radius 2 is 1.25 bits per heavy atom. The van der Waals surface area contributed by atoms with Gasteiger partial charge in [-0.25, -0.2) is 0 Å². The van der Waals surface area contributed by atoms with Gasteiger partial charge in [0.1, 0.15) is 12.2 Å². The Bertz CT molecular complexity index is 344. The zero-order valence-electron chi connectivity index (χ0n) is 12.0. The molecule has 0 amide bonds. The van der Waals surface area contributed by atoms with Gasteiger partial charge in [-0.05, 0) is 20.8 Å². The molecule has 0 aliphatic rings. The molecule has 20 heavy (non-hydrogen) atoms. The van der Waals surface area contributed by atoms with Crippen molar-refractivity contribution in [3.63, 3.8) is 0 Å². The molecule has 0 unspecified atom stereocenters. The number of esters is 3. The van der Waals surface area contributed by atoms with E-state index in [1.807, 2.05) is 0 Å². The van der Waals surface area contributed by atoms with Crippen molar-refractivity contribution in [2.45, 2.75) is 33.6 Å². The molecule has 0 aliphatic heterocycles. The van der Waals surface area contributed by atoms with E-state index in [0.29, 0.717) is 0 Å². The van der Waals surface area contributed by atoms with E-state index in [1.54, 1.807) is 20.8 Å². The predicted octanol–water partition coefficient (Wildman–Crippen LogP) is 0.641. The Kier molecular flexibility index (Phi) is 8.98. The first-order valence-electron chi connectivity index (χ1n) is 6.46. The first kappa shape index (κ1) is 18.1. The minimum atomic E-state index is -1.34. The number of rotatable bonds is 9. The van der Waals surface area contributed by atoms with Gasteiger partial charge in [-0.15, -0.1) is 0 Å². The van der Waals surface area contributed by atoms with Gasteiger partial charge in [-0.2, -0.15) is 0 Å². The molecular weight excluding hydrogens is 268 g/mol. The van der Waals surface area contributed by atoms with Gasteiger partial charge in [-0.3, -0.25) is 19.2 Å². The van der Waals surface area contributed by atoms with Crippen molar-refractivity contribution < 1.29 is 33.4 Å². The molecule has 0 atom stereocenters. The van der Waals surface area contributed by atoms with E-state index >= 15 is 0 Å². The van der Waals surface area contributed by atoms with Gasteiger partial charge in [-0.1, -0.05) is 0 Å². The summed E-state index contributed by atoms with van der Waals surface area (Å²) in [5, 5.41) is 0. The zero-order valence-corrected chi connectivity index (χ0v) is 12.0. The molecule has 0 fully saturated rings. The van der Waals surface area contributed by atoms with Crippen molar-refractivity contribution in [3.8, 4) is 0 Å². The van der Waals surface area contributed by atoms with Crippen molar-refractivity contribution in [1.82, 2.24) is 0 Å². The summed E-state index contributed by atoms with van der Waals surface area (Å²) in [4.78, 5) is 46.0. The fraction of sp³-hybridized carbons (Fsp3) is 0.692. The molecule has 7 nitrogen and oxygen atoms in total. The van der Waals surface area contributed by atoms with Gasteiger partial charge >= 0.3 is 17.9 Å². The summed E-state index contributed by atoms with van der Waals surface area (Å²) in [6, 6.07) is 0. The van der Waals surface area contributed by atoms with Crippen molar-refractivity contribution in [1.29, 1.82) is 0 Å². The standard InChI is InChI=1S/C13H20O7/c1-4-18-11(15)8-9(14)7-10(12(16)19-5-2)13(17)20-6-3/h10H,4-8H2,1-3H3. The van der Waals surface area contributed by atoms with E-state index < -0.39 is 42.5 Å². The summed E-state index contributed by atoms with van der Waals surface area (Å²) >= 11 is 0. The minimum absolute atomic E-state index is 0.0841. The molecule has 0 rings (SSSR count). The predicted molar refractivity (Wildman–Crippen MR) is 67.6 cm³/mol. The van der Waals surface area contributed by atoms with E-state index in [0.717, 1.165) is 0 Å². The molecular formula is C13H20O7. The fourth-order valence-electron chi connectivity index (χ4n) is 1.42. The van der Waals surface area contributed by atoms with E-state index in [9.17, 15) is 19.2 Å². The Morgan fingerprint density at radius 3 is 1.65 bits per heavy atom. The number of hydrogen-bond acceptors (Lipinski definition) is 7. The quantitative estimate of drug-likeness (QED) is 0.349. The third-order valence-corrected chi connectivity index (χ3v) is 2.22. The molecule has 0 aliphatic carbocycles. The van der Waals surface area contributed by atoms with Gasteiger partial charge in [0.05, 0.1) is 19.8 Å². The van der Waals surface area contributed by atoms with Gasteiger partial charge < -0.3 is 14.2 Å². The van der Waals surface area contributed by atoms with Crippen LogP contribution in [0, 0.1) is 5.92 Å². The monoisotopic (exact) mass is 288 g/mol. The molecule has 7 heteroatoms. The molecule has 0 aromatic carbocycles. The second kappa shape index (κ2) is 9.94. The second-order valence-corrected chi connectivity index (χ2v) is 3.78. The first-order chi connectivity index (χ1) is 9.46. The zero-order chi connectivity index (χ0) is 15.5. The van der Waals surface area contributed by atoms with E-state index in [2.05, 4.69) is 4.74 Å². The molecule has 0 aromatic heterocycles. The molecule has 0 saturated heterocycles. The smallest absolute Gasteiger partial charge is 0.320 e. The normalized spacial score (nSPS) is 10.0. The lowest BCUT2D eigenvalue weighted by Crippen LogP contribution is -2.31. The number of carbonyl (C=O) groups is 4. The lowest BCUT2D eigenvalue weighted by Gasteiger charge is -2.13. The molecule has 0 spiro atoms. The van der Waals surface area contributed by atoms with Crippen LogP contribution >= 0.6 is 0 Å². The van der Waals surface area contributed by atoms with Crippen LogP contribution in [-0.2, 0) is 33.4 Å². The van der Waals surface area contributed by atoms with E-state index in [4.69, 9.17) is 9.47 Å². The van der Waals surface area contributed by atoms with E-state index in [-0.39, 0.29) is 19.8 Å². The number of Topliss-reactive ketones (excluding diaryl/α,β-unsaturated/α-hetero) is 1. The summed E-state index contributed by atoms with van der Waals surface area (Å²) < 4.78 is 14.1. The Hall–Kier alpha value is -1.92. The van der Waals surface area contributed by atoms with Crippen LogP contribution in [0.15, 0.2) is 0 Å². The molecule has 0 radical (unpaired) electrons. The number of carbonyl (C=O) groups excluding carboxylic acids is 4. The summed E-state index contributed by atoms with van der Waals surface area (Å²) in [5.41, 5.74) is 0. The summed E-state index contributed by atoms with van der Waals surface area (Å²) in [7, 11) is 0. The van der Waals surface area contributed by atoms with Crippen LogP contribution < -0.4 is 0 Å². The third kappa shape index (κ3) is 6.86. The number of ketones is 1. The molecule has 114 valence electrons. The Labute approximate surface area is 117 Å². The molecule has 0 N–H and O–H groups in total. The van der Waals surface area contributed by atoms with Gasteiger partial charge in [0.2, 0.25) is 0 Å². The van der Waals surface area contributed by atoms with Crippen molar-refractivity contribution >= 4 is 23.7 Å². The van der Waals surface area contributed by atoms with Crippen LogP contribution in [0.2, 0.25) is 0 Å². The van der Waals surface area contributed by atoms with Crippen molar-refractivity contribution in [3.05, 3.63) is 0 Å². The maximum atomic E-state index is 11.6. The van der Waals surface area contributed by atoms with Crippen LogP contribution in [0.3, 0.4) is 0 Å². The van der Waals surface area contributed by atoms with Crippen LogP contribution in [0.4, 0.5) is 0 Å². The lowest BCUT2D eigenvalue weighted by atomic mass is 10.0. The van der Waals surface area contributed by atoms with Crippen molar-refractivity contribution in [2.24, 2.45) is 5.92 Å². The average molecular weight is 288 g/mol. The number of ether oxygens (including phenoxy) is 3. The summed E-state index contributed by atoms with van der Waals surface area (Å²) in [5.74, 6) is -4.26. The molecule has 0 bridgehead atoms. The van der Waals surface area contributed by atoms with Crippen molar-refractivity contribution in [2.75, 3.05) is 19.8 Å². The molecule has 0 saturated carbocycles. The van der Waals surface area contributed by atoms with Crippen LogP contribution in [0.1, 0.15) is 33.6 Å². The highest BCUT2D eigenvalue weighted by atomic mass is 16.6. The number of hydrogen-bond donors (Lipinski definition) is 0. The maximum Gasteiger partial charge on any atom is 0.320 e. The molecule has 0 heterocycles.